The van der Waals surface area contributed by atoms with Gasteiger partial charge in [0.25, 0.3) is 0 Å². The van der Waals surface area contributed by atoms with Crippen molar-refractivity contribution in [3.8, 4) is 11.3 Å². The Balaban J connectivity index is 1.70. The van der Waals surface area contributed by atoms with E-state index in [-0.39, 0.29) is 12.3 Å². The summed E-state index contributed by atoms with van der Waals surface area (Å²) in [5, 5.41) is 4.77. The molecule has 0 unspecified atom stereocenters. The number of hydrogen-bond donors (Lipinski definition) is 0. The number of nitrogens with zero attached hydrogens (tertiary/aromatic N) is 5. The van der Waals surface area contributed by atoms with Gasteiger partial charge in [-0.3, -0.25) is 0 Å². The number of amides is 1. The lowest BCUT2D eigenvalue weighted by atomic mass is 10.1. The van der Waals surface area contributed by atoms with Crippen molar-refractivity contribution in [2.45, 2.75) is 58.4 Å². The molecule has 1 fully saturated rings. The van der Waals surface area contributed by atoms with E-state index in [1.807, 2.05) is 38.7 Å². The smallest absolute Gasteiger partial charge is 0.410 e. The Bertz CT molecular complexity index is 888. The van der Waals surface area contributed by atoms with Gasteiger partial charge in [0, 0.05) is 56.8 Å². The van der Waals surface area contributed by atoms with Gasteiger partial charge in [-0.15, -0.1) is 0 Å². The molecule has 0 spiro atoms. The van der Waals surface area contributed by atoms with Gasteiger partial charge in [-0.1, -0.05) is 0 Å². The average molecular weight is 448 g/mol. The first-order valence-corrected chi connectivity index (χ1v) is 11.1. The van der Waals surface area contributed by atoms with Crippen LogP contribution in [0.1, 0.15) is 51.8 Å². The zero-order valence-corrected chi connectivity index (χ0v) is 19.7. The number of aromatic nitrogens is 3. The van der Waals surface area contributed by atoms with Gasteiger partial charge in [-0.05, 0) is 59.2 Å². The molecule has 3 rings (SSSR count). The summed E-state index contributed by atoms with van der Waals surface area (Å²) in [7, 11) is 3.72. The van der Waals surface area contributed by atoms with Crippen molar-refractivity contribution < 1.29 is 18.7 Å². The average Bonchev–Trinajstić information content (AvgIpc) is 3.15. The van der Waals surface area contributed by atoms with Gasteiger partial charge in [-0.2, -0.15) is 9.49 Å². The standard InChI is InChI=1S/C23H34FN5O3/c1-23(2,3)32-22(30)28(5)12-11-27(4)15-18-16-29(20-8-6-7-13-31-20)26-21(18)17-9-10-19(24)25-14-17/h9-10,14,16,20H,6-8,11-13,15H2,1-5H3/t20-/m1/s1. The maximum atomic E-state index is 13.3. The van der Waals surface area contributed by atoms with Gasteiger partial charge in [-0.25, -0.2) is 14.5 Å². The lowest BCUT2D eigenvalue weighted by molar-refractivity contribution is -0.0394. The summed E-state index contributed by atoms with van der Waals surface area (Å²) >= 11 is 0. The van der Waals surface area contributed by atoms with E-state index in [4.69, 9.17) is 14.6 Å². The van der Waals surface area contributed by atoms with Crippen LogP contribution in [0.25, 0.3) is 11.3 Å². The minimum Gasteiger partial charge on any atom is -0.444 e. The third-order valence-electron chi connectivity index (χ3n) is 5.22. The molecule has 0 N–H and O–H groups in total. The Morgan fingerprint density at radius 2 is 2.06 bits per heavy atom. The maximum absolute atomic E-state index is 13.3. The van der Waals surface area contributed by atoms with Gasteiger partial charge >= 0.3 is 6.09 Å². The molecule has 1 aliphatic heterocycles. The number of carbonyl (C=O) groups excluding carboxylic acids is 1. The normalized spacial score (nSPS) is 16.9. The van der Waals surface area contributed by atoms with Crippen LogP contribution in [0.3, 0.4) is 0 Å². The Labute approximate surface area is 189 Å². The van der Waals surface area contributed by atoms with Crippen molar-refractivity contribution in [3.63, 3.8) is 0 Å². The first-order chi connectivity index (χ1) is 15.1. The Hall–Kier alpha value is -2.52. The van der Waals surface area contributed by atoms with Crippen molar-refractivity contribution in [3.05, 3.63) is 36.0 Å². The second kappa shape index (κ2) is 10.4. The number of carbonyl (C=O) groups is 1. The maximum Gasteiger partial charge on any atom is 0.410 e. The van der Waals surface area contributed by atoms with Gasteiger partial charge in [0.2, 0.25) is 5.95 Å². The minimum absolute atomic E-state index is 0.0896. The van der Waals surface area contributed by atoms with Gasteiger partial charge in [0.1, 0.15) is 11.8 Å². The van der Waals surface area contributed by atoms with Crippen LogP contribution in [0.15, 0.2) is 24.5 Å². The topological polar surface area (TPSA) is 72.7 Å². The van der Waals surface area contributed by atoms with Crippen LogP contribution in [0.5, 0.6) is 0 Å². The predicted molar refractivity (Wildman–Crippen MR) is 119 cm³/mol. The summed E-state index contributed by atoms with van der Waals surface area (Å²) in [4.78, 5) is 19.7. The number of rotatable bonds is 7. The van der Waals surface area contributed by atoms with Crippen molar-refractivity contribution >= 4 is 6.09 Å². The second-order valence-corrected chi connectivity index (χ2v) is 9.31. The molecular weight excluding hydrogens is 413 g/mol. The van der Waals surface area contributed by atoms with Crippen LogP contribution in [-0.2, 0) is 16.0 Å². The summed E-state index contributed by atoms with van der Waals surface area (Å²) in [6.07, 6.45) is 6.15. The van der Waals surface area contributed by atoms with Gasteiger partial charge in [0.15, 0.2) is 0 Å². The van der Waals surface area contributed by atoms with E-state index in [9.17, 15) is 9.18 Å². The molecule has 0 aliphatic carbocycles. The van der Waals surface area contributed by atoms with Crippen molar-refractivity contribution in [1.82, 2.24) is 24.6 Å². The SMILES string of the molecule is CN(CCN(C)C(=O)OC(C)(C)C)Cc1cn([C@H]2CCCCO2)nc1-c1ccc(F)nc1. The Kier molecular flexibility index (Phi) is 7.84. The number of pyridine rings is 1. The fourth-order valence-corrected chi connectivity index (χ4v) is 3.51. The molecule has 0 saturated carbocycles. The lowest BCUT2D eigenvalue weighted by Gasteiger charge is -2.26. The van der Waals surface area contributed by atoms with Crippen molar-refractivity contribution in [2.75, 3.05) is 33.8 Å². The highest BCUT2D eigenvalue weighted by atomic mass is 19.1. The first kappa shape index (κ1) is 24.1. The monoisotopic (exact) mass is 447 g/mol. The molecule has 32 heavy (non-hydrogen) atoms. The van der Waals surface area contributed by atoms with Gasteiger partial charge < -0.3 is 19.3 Å². The summed E-state index contributed by atoms with van der Waals surface area (Å²) in [6, 6.07) is 3.03. The molecule has 2 aromatic rings. The van der Waals surface area contributed by atoms with E-state index in [0.717, 1.165) is 42.7 Å². The predicted octanol–water partition coefficient (Wildman–Crippen LogP) is 4.08. The van der Waals surface area contributed by atoms with E-state index in [2.05, 4.69) is 9.88 Å². The number of likely N-dealkylation sites (N-methyl/N-ethyl adjacent to an activating group) is 2. The molecule has 176 valence electrons. The second-order valence-electron chi connectivity index (χ2n) is 9.31. The van der Waals surface area contributed by atoms with Crippen LogP contribution < -0.4 is 0 Å². The molecule has 2 aromatic heterocycles. The summed E-state index contributed by atoms with van der Waals surface area (Å²) in [6.45, 7) is 8.08. The molecule has 1 atom stereocenters. The highest BCUT2D eigenvalue weighted by Gasteiger charge is 2.22. The van der Waals surface area contributed by atoms with E-state index in [0.29, 0.717) is 19.6 Å². The molecule has 8 nitrogen and oxygen atoms in total. The van der Waals surface area contributed by atoms with Crippen LogP contribution in [0, 0.1) is 5.95 Å². The zero-order chi connectivity index (χ0) is 23.3. The molecule has 0 radical (unpaired) electrons. The molecule has 1 amide bonds. The molecule has 1 aliphatic rings. The first-order valence-electron chi connectivity index (χ1n) is 11.1. The molecule has 0 aromatic carbocycles. The van der Waals surface area contributed by atoms with Crippen LogP contribution in [0.2, 0.25) is 0 Å². The summed E-state index contributed by atoms with van der Waals surface area (Å²) in [5.41, 5.74) is 2.00. The minimum atomic E-state index is -0.523. The highest BCUT2D eigenvalue weighted by Crippen LogP contribution is 2.28. The summed E-state index contributed by atoms with van der Waals surface area (Å²) < 4.78 is 26.5. The van der Waals surface area contributed by atoms with Crippen molar-refractivity contribution in [1.29, 1.82) is 0 Å². The lowest BCUT2D eigenvalue weighted by Crippen LogP contribution is -2.38. The molecule has 0 bridgehead atoms. The van der Waals surface area contributed by atoms with E-state index in [1.165, 1.54) is 12.3 Å². The van der Waals surface area contributed by atoms with Crippen molar-refractivity contribution in [2.24, 2.45) is 0 Å². The summed E-state index contributed by atoms with van der Waals surface area (Å²) in [5.74, 6) is -0.521. The third kappa shape index (κ3) is 6.74. The number of halogens is 1. The Morgan fingerprint density at radius 3 is 2.69 bits per heavy atom. The molecule has 1 saturated heterocycles. The van der Waals surface area contributed by atoms with E-state index in [1.54, 1.807) is 18.0 Å². The quantitative estimate of drug-likeness (QED) is 0.596. The highest BCUT2D eigenvalue weighted by molar-refractivity contribution is 5.67. The number of hydrogen-bond acceptors (Lipinski definition) is 6. The fourth-order valence-electron chi connectivity index (χ4n) is 3.51. The fraction of sp³-hybridized carbons (Fsp3) is 0.609. The van der Waals surface area contributed by atoms with E-state index >= 15 is 0 Å². The zero-order valence-electron chi connectivity index (χ0n) is 19.7. The van der Waals surface area contributed by atoms with Crippen LogP contribution in [-0.4, -0.2) is 70.1 Å². The number of ether oxygens (including phenoxy) is 2. The molecule has 3 heterocycles. The van der Waals surface area contributed by atoms with Crippen LogP contribution in [0.4, 0.5) is 9.18 Å². The third-order valence-corrected chi connectivity index (χ3v) is 5.22. The largest absolute Gasteiger partial charge is 0.444 e. The Morgan fingerprint density at radius 1 is 1.28 bits per heavy atom. The molecule has 9 heteroatoms. The molecular formula is C23H34FN5O3. The van der Waals surface area contributed by atoms with Gasteiger partial charge in [0.05, 0.1) is 5.69 Å². The van der Waals surface area contributed by atoms with E-state index < -0.39 is 11.5 Å². The van der Waals surface area contributed by atoms with Crippen LogP contribution >= 0.6 is 0 Å².